The number of benzene rings is 13. The van der Waals surface area contributed by atoms with Crippen LogP contribution in [-0.2, 0) is 10.8 Å². The van der Waals surface area contributed by atoms with Crippen LogP contribution in [0.2, 0.25) is 0 Å². The van der Waals surface area contributed by atoms with Crippen LogP contribution in [0, 0.1) is 64.0 Å². The Morgan fingerprint density at radius 3 is 0.980 bits per heavy atom. The highest BCUT2D eigenvalue weighted by molar-refractivity contribution is 5.93. The van der Waals surface area contributed by atoms with Crippen molar-refractivity contribution in [1.29, 1.82) is 0 Å². The Hall–Kier alpha value is -12.0. The number of hydrogen-bond donors (Lipinski definition) is 0. The number of nitrogens with zero attached hydrogens (tertiary/aromatic N) is 1. The second-order valence-electron chi connectivity index (χ2n) is 23.7. The van der Waals surface area contributed by atoms with Gasteiger partial charge in [0.15, 0.2) is 46.5 Å². The lowest BCUT2D eigenvalue weighted by molar-refractivity contribution is 0.363. The first kappa shape index (κ1) is 62.1. The molecule has 15 rings (SSSR count). The lowest BCUT2D eigenvalue weighted by atomic mass is 9.67. The summed E-state index contributed by atoms with van der Waals surface area (Å²) in [6.07, 6.45) is 3.31. The standard InChI is InChI=1S/C84H48F11NO2/c1-3-47-16-34-59(35-17-47)97-61-38-24-53(25-39-61)83(71-73(86)77(90)81(94)78(91)74(71)87)67-14-7-5-12-63(67)65-42-32-57(45-69(65)83)96(56-30-22-50(23-31-56)52-11-9-10-51(44-52)49-20-28-55(85)29-21-49)58-33-43-66-64-13-6-8-15-68(64)84(70(66)46-58,72-75(88)79(92)82(95)80(93)76(72)89)54-26-40-62(41-27-54)98-60-36-18-48(4-2)19-37-60/h3-46H,1-2H2. The monoisotopic (exact) mass is 1310 g/mol. The van der Waals surface area contributed by atoms with E-state index in [1.54, 1.807) is 175 Å². The Bertz CT molecular complexity index is 5040. The molecule has 0 aromatic heterocycles. The molecule has 0 radical (unpaired) electrons. The van der Waals surface area contributed by atoms with Crippen LogP contribution < -0.4 is 14.4 Å². The van der Waals surface area contributed by atoms with Crippen molar-refractivity contribution in [2.45, 2.75) is 10.8 Å². The molecule has 0 bridgehead atoms. The number of rotatable bonds is 15. The van der Waals surface area contributed by atoms with Crippen molar-refractivity contribution >= 4 is 29.2 Å². The lowest BCUT2D eigenvalue weighted by Crippen LogP contribution is -2.33. The highest BCUT2D eigenvalue weighted by atomic mass is 19.2. The van der Waals surface area contributed by atoms with E-state index >= 15 is 43.9 Å². The van der Waals surface area contributed by atoms with E-state index < -0.39 is 85.9 Å². The van der Waals surface area contributed by atoms with Gasteiger partial charge in [-0.3, -0.25) is 0 Å². The zero-order valence-electron chi connectivity index (χ0n) is 51.2. The number of anilines is 3. The first-order valence-corrected chi connectivity index (χ1v) is 30.8. The molecule has 0 heterocycles. The van der Waals surface area contributed by atoms with Crippen LogP contribution in [0.25, 0.3) is 56.7 Å². The Labute approximate surface area is 555 Å². The van der Waals surface area contributed by atoms with E-state index in [2.05, 4.69) is 13.2 Å². The summed E-state index contributed by atoms with van der Waals surface area (Å²) in [6, 6.07) is 69.4. The number of halogens is 11. The molecule has 0 spiro atoms. The minimum absolute atomic E-state index is 0.0515. The van der Waals surface area contributed by atoms with Gasteiger partial charge >= 0.3 is 0 Å². The minimum Gasteiger partial charge on any atom is -0.457 e. The third kappa shape index (κ3) is 9.87. The molecule has 0 fully saturated rings. The lowest BCUT2D eigenvalue weighted by Gasteiger charge is -2.36. The van der Waals surface area contributed by atoms with Crippen LogP contribution >= 0.6 is 0 Å². The average molecular weight is 1310 g/mol. The number of ether oxygens (including phenoxy) is 2. The average Bonchev–Trinajstić information content (AvgIpc) is 1.52. The third-order valence-corrected chi connectivity index (χ3v) is 18.5. The number of hydrogen-bond acceptors (Lipinski definition) is 3. The van der Waals surface area contributed by atoms with Crippen LogP contribution in [0.4, 0.5) is 65.4 Å². The highest BCUT2D eigenvalue weighted by Gasteiger charge is 2.53. The highest BCUT2D eigenvalue weighted by Crippen LogP contribution is 2.62. The van der Waals surface area contributed by atoms with Crippen LogP contribution in [0.5, 0.6) is 23.0 Å². The topological polar surface area (TPSA) is 21.7 Å². The van der Waals surface area contributed by atoms with Crippen molar-refractivity contribution in [3.63, 3.8) is 0 Å². The van der Waals surface area contributed by atoms with Gasteiger partial charge in [0.05, 0.1) is 10.8 Å². The van der Waals surface area contributed by atoms with Gasteiger partial charge in [0, 0.05) is 28.2 Å². The molecule has 14 heteroatoms. The molecule has 2 atom stereocenters. The largest absolute Gasteiger partial charge is 0.457 e. The maximum atomic E-state index is 17.5. The fourth-order valence-corrected chi connectivity index (χ4v) is 14.1. The summed E-state index contributed by atoms with van der Waals surface area (Å²) in [6.45, 7) is 7.59. The Balaban J connectivity index is 0.979. The molecular formula is C84H48F11NO2. The van der Waals surface area contributed by atoms with Gasteiger partial charge in [-0.2, -0.15) is 0 Å². The van der Waals surface area contributed by atoms with Crippen molar-refractivity contribution < 1.29 is 57.8 Å². The predicted octanol–water partition coefficient (Wildman–Crippen LogP) is 23.6. The second-order valence-corrected chi connectivity index (χ2v) is 23.7. The van der Waals surface area contributed by atoms with Gasteiger partial charge in [0.2, 0.25) is 11.6 Å². The molecule has 2 unspecified atom stereocenters. The molecule has 0 N–H and O–H groups in total. The van der Waals surface area contributed by atoms with E-state index in [-0.39, 0.29) is 56.3 Å². The van der Waals surface area contributed by atoms with Crippen molar-refractivity contribution in [3.8, 4) is 67.5 Å². The van der Waals surface area contributed by atoms with Crippen LogP contribution in [-0.4, -0.2) is 0 Å². The molecule has 13 aromatic carbocycles. The van der Waals surface area contributed by atoms with Gasteiger partial charge in [-0.25, -0.2) is 48.3 Å². The first-order valence-electron chi connectivity index (χ1n) is 30.8. The molecule has 13 aromatic rings. The second kappa shape index (κ2) is 24.3. The SMILES string of the molecule is C=Cc1ccc(Oc2ccc(C3(c4c(F)c(F)c(F)c(F)c4F)c4ccccc4-c4ccc(N(c5ccc(-c6cccc(-c7ccc(F)cc7)c6)cc5)c5ccc6c(c5)C(c5ccc(Oc7ccc(C=C)cc7)cc5)(c5c(F)c(F)c(F)c(F)c5F)c5ccccc5-6)cc43)cc2)cc1. The fourth-order valence-electron chi connectivity index (χ4n) is 14.1. The molecule has 478 valence electrons. The summed E-state index contributed by atoms with van der Waals surface area (Å²) in [5.74, 6) is -21.0. The van der Waals surface area contributed by atoms with Crippen molar-refractivity contribution in [2.75, 3.05) is 4.90 Å². The van der Waals surface area contributed by atoms with Crippen molar-refractivity contribution in [1.82, 2.24) is 0 Å². The molecule has 0 saturated heterocycles. The van der Waals surface area contributed by atoms with Gasteiger partial charge in [0.25, 0.3) is 0 Å². The Morgan fingerprint density at radius 2 is 0.602 bits per heavy atom. The molecule has 0 saturated carbocycles. The van der Waals surface area contributed by atoms with Gasteiger partial charge in [-0.05, 0) is 192 Å². The predicted molar refractivity (Wildman–Crippen MR) is 359 cm³/mol. The van der Waals surface area contributed by atoms with Crippen molar-refractivity contribution in [3.05, 3.63) is 388 Å². The van der Waals surface area contributed by atoms with E-state index in [1.807, 2.05) is 36.4 Å². The number of fused-ring (bicyclic) bond motifs is 6. The van der Waals surface area contributed by atoms with E-state index in [4.69, 9.17) is 9.47 Å². The zero-order valence-corrected chi connectivity index (χ0v) is 51.2. The van der Waals surface area contributed by atoms with Gasteiger partial charge < -0.3 is 14.4 Å². The fraction of sp³-hybridized carbons (Fsp3) is 0.0238. The smallest absolute Gasteiger partial charge is 0.200 e. The maximum absolute atomic E-state index is 17.5. The van der Waals surface area contributed by atoms with Crippen molar-refractivity contribution in [2.24, 2.45) is 0 Å². The van der Waals surface area contributed by atoms with Crippen LogP contribution in [0.3, 0.4) is 0 Å². The molecule has 2 aliphatic rings. The van der Waals surface area contributed by atoms with E-state index in [1.165, 1.54) is 60.7 Å². The molecule has 3 nitrogen and oxygen atoms in total. The Kier molecular flexibility index (Phi) is 15.4. The van der Waals surface area contributed by atoms with Gasteiger partial charge in [0.1, 0.15) is 28.8 Å². The normalized spacial score (nSPS) is 14.8. The van der Waals surface area contributed by atoms with Crippen LogP contribution in [0.15, 0.2) is 268 Å². The van der Waals surface area contributed by atoms with E-state index in [0.717, 1.165) is 27.8 Å². The molecule has 2 aliphatic carbocycles. The summed E-state index contributed by atoms with van der Waals surface area (Å²) in [5.41, 5.74) is 0.214. The van der Waals surface area contributed by atoms with Gasteiger partial charge in [-0.15, -0.1) is 0 Å². The summed E-state index contributed by atoms with van der Waals surface area (Å²) in [5, 5.41) is 0. The summed E-state index contributed by atoms with van der Waals surface area (Å²) in [7, 11) is 0. The van der Waals surface area contributed by atoms with E-state index in [0.29, 0.717) is 45.0 Å². The molecular weight excluding hydrogens is 1260 g/mol. The minimum atomic E-state index is -2.37. The molecule has 0 aliphatic heterocycles. The first-order chi connectivity index (χ1) is 47.5. The quantitative estimate of drug-likeness (QED) is 0.0580. The summed E-state index contributed by atoms with van der Waals surface area (Å²) < 4.78 is 192. The van der Waals surface area contributed by atoms with Crippen LogP contribution in [0.1, 0.15) is 55.6 Å². The summed E-state index contributed by atoms with van der Waals surface area (Å²) >= 11 is 0. The third-order valence-electron chi connectivity index (χ3n) is 18.5. The molecule has 0 amide bonds. The Morgan fingerprint density at radius 1 is 0.276 bits per heavy atom. The summed E-state index contributed by atoms with van der Waals surface area (Å²) in [4.78, 5) is 1.70. The zero-order chi connectivity index (χ0) is 67.9. The maximum Gasteiger partial charge on any atom is 0.200 e. The van der Waals surface area contributed by atoms with Gasteiger partial charge in [-0.1, -0.05) is 177 Å². The van der Waals surface area contributed by atoms with E-state index in [9.17, 15) is 4.39 Å². The molecule has 98 heavy (non-hydrogen) atoms.